The number of aromatic nitrogens is 1. The third-order valence-corrected chi connectivity index (χ3v) is 3.03. The summed E-state index contributed by atoms with van der Waals surface area (Å²) in [5, 5.41) is 21.9. The molecule has 0 atom stereocenters. The second kappa shape index (κ2) is 6.06. The minimum atomic E-state index is -0.534. The van der Waals surface area contributed by atoms with Crippen molar-refractivity contribution in [1.82, 2.24) is 10.3 Å². The molecule has 0 spiro atoms. The van der Waals surface area contributed by atoms with Crippen LogP contribution >= 0.6 is 0 Å². The first-order chi connectivity index (χ1) is 9.63. The summed E-state index contributed by atoms with van der Waals surface area (Å²) in [7, 11) is 0. The highest BCUT2D eigenvalue weighted by atomic mass is 16.3. The van der Waals surface area contributed by atoms with E-state index in [1.54, 1.807) is 6.20 Å². The lowest BCUT2D eigenvalue weighted by atomic mass is 10.1. The molecule has 0 aliphatic rings. The second-order valence-electron chi connectivity index (χ2n) is 4.32. The summed E-state index contributed by atoms with van der Waals surface area (Å²) in [6, 6.07) is 7.97. The van der Waals surface area contributed by atoms with Crippen LogP contribution in [-0.2, 0) is 13.0 Å². The highest BCUT2D eigenvalue weighted by Crippen LogP contribution is 2.25. The number of carbonyl (C=O) groups is 1. The Balaban J connectivity index is 2.13. The maximum Gasteiger partial charge on any atom is 0.259 e. The van der Waals surface area contributed by atoms with Crippen LogP contribution in [0.2, 0.25) is 0 Å². The zero-order valence-electron chi connectivity index (χ0n) is 11.1. The molecule has 1 amide bonds. The summed E-state index contributed by atoms with van der Waals surface area (Å²) in [5.74, 6) is -1.04. The quantitative estimate of drug-likeness (QED) is 0.795. The van der Waals surface area contributed by atoms with Gasteiger partial charge in [-0.15, -0.1) is 0 Å². The fourth-order valence-electron chi connectivity index (χ4n) is 1.97. The number of nitrogens with zero attached hydrogens (tertiary/aromatic N) is 1. The third kappa shape index (κ3) is 2.88. The molecule has 0 bridgehead atoms. The smallest absolute Gasteiger partial charge is 0.259 e. The number of hydrogen-bond acceptors (Lipinski definition) is 4. The number of carbonyl (C=O) groups excluding carboxylic acids is 1. The van der Waals surface area contributed by atoms with Crippen LogP contribution in [0.1, 0.15) is 28.5 Å². The summed E-state index contributed by atoms with van der Waals surface area (Å²) in [4.78, 5) is 16.2. The molecule has 5 nitrogen and oxygen atoms in total. The predicted octanol–water partition coefficient (Wildman–Crippen LogP) is 1.99. The molecule has 20 heavy (non-hydrogen) atoms. The number of pyridine rings is 1. The number of aromatic hydroxyl groups is 2. The van der Waals surface area contributed by atoms with E-state index in [1.165, 1.54) is 18.2 Å². The van der Waals surface area contributed by atoms with E-state index in [0.29, 0.717) is 0 Å². The van der Waals surface area contributed by atoms with Gasteiger partial charge in [-0.3, -0.25) is 9.78 Å². The van der Waals surface area contributed by atoms with Gasteiger partial charge in [-0.05, 0) is 30.2 Å². The lowest BCUT2D eigenvalue weighted by molar-refractivity contribution is 0.0945. The first-order valence-corrected chi connectivity index (χ1v) is 6.35. The Labute approximate surface area is 116 Å². The number of amides is 1. The van der Waals surface area contributed by atoms with E-state index >= 15 is 0 Å². The molecule has 5 heteroatoms. The molecule has 0 aliphatic heterocycles. The SMILES string of the molecule is CCc1cccnc1CNC(=O)c1c(O)cccc1O. The molecule has 0 aliphatic carbocycles. The van der Waals surface area contributed by atoms with Crippen molar-refractivity contribution < 1.29 is 15.0 Å². The molecule has 0 saturated heterocycles. The normalized spacial score (nSPS) is 10.2. The van der Waals surface area contributed by atoms with Crippen LogP contribution < -0.4 is 5.32 Å². The number of nitrogens with one attached hydrogen (secondary N) is 1. The maximum atomic E-state index is 12.0. The lowest BCUT2D eigenvalue weighted by Gasteiger charge is -2.10. The summed E-state index contributed by atoms with van der Waals surface area (Å²) >= 11 is 0. The van der Waals surface area contributed by atoms with E-state index in [-0.39, 0.29) is 23.6 Å². The van der Waals surface area contributed by atoms with Gasteiger partial charge in [0.2, 0.25) is 0 Å². The summed E-state index contributed by atoms with van der Waals surface area (Å²) in [6.45, 7) is 2.26. The topological polar surface area (TPSA) is 82.5 Å². The Morgan fingerprint density at radius 1 is 1.20 bits per heavy atom. The minimum Gasteiger partial charge on any atom is -0.507 e. The molecule has 0 fully saturated rings. The molecule has 2 rings (SSSR count). The fraction of sp³-hybridized carbons (Fsp3) is 0.200. The average molecular weight is 272 g/mol. The van der Waals surface area contributed by atoms with Crippen molar-refractivity contribution in [3.63, 3.8) is 0 Å². The van der Waals surface area contributed by atoms with E-state index < -0.39 is 5.91 Å². The molecule has 1 heterocycles. The number of phenols is 2. The van der Waals surface area contributed by atoms with Crippen LogP contribution in [0.25, 0.3) is 0 Å². The van der Waals surface area contributed by atoms with Crippen LogP contribution in [-0.4, -0.2) is 21.1 Å². The largest absolute Gasteiger partial charge is 0.507 e. The van der Waals surface area contributed by atoms with Crippen LogP contribution in [0.4, 0.5) is 0 Å². The van der Waals surface area contributed by atoms with Crippen molar-refractivity contribution >= 4 is 5.91 Å². The average Bonchev–Trinajstić information content (AvgIpc) is 2.45. The second-order valence-corrected chi connectivity index (χ2v) is 4.32. The van der Waals surface area contributed by atoms with E-state index in [4.69, 9.17) is 0 Å². The monoisotopic (exact) mass is 272 g/mol. The molecule has 3 N–H and O–H groups in total. The van der Waals surface area contributed by atoms with E-state index in [1.807, 2.05) is 19.1 Å². The molecular weight excluding hydrogens is 256 g/mol. The van der Waals surface area contributed by atoms with Crippen LogP contribution in [0, 0.1) is 0 Å². The van der Waals surface area contributed by atoms with Crippen molar-refractivity contribution in [2.45, 2.75) is 19.9 Å². The molecule has 2 aromatic rings. The van der Waals surface area contributed by atoms with E-state index in [0.717, 1.165) is 17.7 Å². The van der Waals surface area contributed by atoms with Crippen molar-refractivity contribution in [2.75, 3.05) is 0 Å². The Bertz CT molecular complexity index is 606. The molecule has 0 radical (unpaired) electrons. The number of aryl methyl sites for hydroxylation is 1. The van der Waals surface area contributed by atoms with Crippen molar-refractivity contribution in [3.8, 4) is 11.5 Å². The fourth-order valence-corrected chi connectivity index (χ4v) is 1.97. The highest BCUT2D eigenvalue weighted by Gasteiger charge is 2.16. The number of benzene rings is 1. The zero-order valence-corrected chi connectivity index (χ0v) is 11.1. The Morgan fingerprint density at radius 3 is 2.55 bits per heavy atom. The molecule has 1 aromatic carbocycles. The van der Waals surface area contributed by atoms with Crippen LogP contribution in [0.3, 0.4) is 0 Å². The third-order valence-electron chi connectivity index (χ3n) is 3.03. The van der Waals surface area contributed by atoms with Crippen molar-refractivity contribution in [1.29, 1.82) is 0 Å². The molecule has 0 saturated carbocycles. The lowest BCUT2D eigenvalue weighted by Crippen LogP contribution is -2.24. The van der Waals surface area contributed by atoms with Gasteiger partial charge in [-0.1, -0.05) is 19.1 Å². The number of hydrogen-bond donors (Lipinski definition) is 3. The minimum absolute atomic E-state index is 0.124. The first-order valence-electron chi connectivity index (χ1n) is 6.35. The Kier molecular flexibility index (Phi) is 4.20. The van der Waals surface area contributed by atoms with Crippen LogP contribution in [0.5, 0.6) is 11.5 Å². The van der Waals surface area contributed by atoms with Gasteiger partial charge < -0.3 is 15.5 Å². The molecule has 0 unspecified atom stereocenters. The van der Waals surface area contributed by atoms with Crippen molar-refractivity contribution in [3.05, 3.63) is 53.3 Å². The standard InChI is InChI=1S/C15H16N2O3/c1-2-10-5-4-8-16-11(10)9-17-15(20)14-12(18)6-3-7-13(14)19/h3-8,18-19H,2,9H2,1H3,(H,17,20). The molecule has 1 aromatic heterocycles. The van der Waals surface area contributed by atoms with Gasteiger partial charge in [0.1, 0.15) is 17.1 Å². The highest BCUT2D eigenvalue weighted by molar-refractivity contribution is 5.99. The van der Waals surface area contributed by atoms with Crippen LogP contribution in [0.15, 0.2) is 36.5 Å². The molecule has 104 valence electrons. The van der Waals surface area contributed by atoms with Gasteiger partial charge in [0.05, 0.1) is 12.2 Å². The zero-order chi connectivity index (χ0) is 14.5. The van der Waals surface area contributed by atoms with Crippen molar-refractivity contribution in [2.24, 2.45) is 0 Å². The summed E-state index contributed by atoms with van der Waals surface area (Å²) in [5.41, 5.74) is 1.70. The summed E-state index contributed by atoms with van der Waals surface area (Å²) < 4.78 is 0. The van der Waals surface area contributed by atoms with Gasteiger partial charge in [0.25, 0.3) is 5.91 Å². The number of rotatable bonds is 4. The van der Waals surface area contributed by atoms with Gasteiger partial charge >= 0.3 is 0 Å². The van der Waals surface area contributed by atoms with Gasteiger partial charge in [0.15, 0.2) is 0 Å². The molecular formula is C15H16N2O3. The summed E-state index contributed by atoms with van der Waals surface area (Å²) in [6.07, 6.45) is 2.49. The predicted molar refractivity (Wildman–Crippen MR) is 74.6 cm³/mol. The maximum absolute atomic E-state index is 12.0. The van der Waals surface area contributed by atoms with Gasteiger partial charge in [-0.2, -0.15) is 0 Å². The Hall–Kier alpha value is -2.56. The van der Waals surface area contributed by atoms with Gasteiger partial charge in [-0.25, -0.2) is 0 Å². The number of phenolic OH excluding ortho intramolecular Hbond substituents is 2. The van der Waals surface area contributed by atoms with Gasteiger partial charge in [0, 0.05) is 6.20 Å². The van der Waals surface area contributed by atoms with E-state index in [2.05, 4.69) is 10.3 Å². The first kappa shape index (κ1) is 13.9. The van der Waals surface area contributed by atoms with E-state index in [9.17, 15) is 15.0 Å². The Morgan fingerprint density at radius 2 is 1.90 bits per heavy atom.